The summed E-state index contributed by atoms with van der Waals surface area (Å²) in [7, 11) is 4.03. The molecule has 0 heterocycles. The summed E-state index contributed by atoms with van der Waals surface area (Å²) in [6, 6.07) is 7.97. The molecule has 0 saturated heterocycles. The molecule has 1 unspecified atom stereocenters. The highest BCUT2D eigenvalue weighted by atomic mass is 16.3. The Morgan fingerprint density at radius 3 is 2.62 bits per heavy atom. The third-order valence-electron chi connectivity index (χ3n) is 2.24. The van der Waals surface area contributed by atoms with Crippen LogP contribution < -0.4 is 5.32 Å². The number of nitrogens with one attached hydrogen (secondary N) is 1. The van der Waals surface area contributed by atoms with E-state index in [1.165, 1.54) is 5.56 Å². The summed E-state index contributed by atoms with van der Waals surface area (Å²) < 4.78 is 0. The van der Waals surface area contributed by atoms with Crippen LogP contribution in [0.4, 0.5) is 5.69 Å². The maximum absolute atomic E-state index is 9.27. The normalized spacial score (nSPS) is 12.8. The lowest BCUT2D eigenvalue weighted by molar-refractivity contribution is 0.105. The van der Waals surface area contributed by atoms with Gasteiger partial charge in [0.05, 0.1) is 12.7 Å². The van der Waals surface area contributed by atoms with Crippen LogP contribution >= 0.6 is 0 Å². The van der Waals surface area contributed by atoms with E-state index in [0.29, 0.717) is 6.54 Å². The minimum absolute atomic E-state index is 0.219. The average Bonchev–Trinajstić information content (AvgIpc) is 2.26. The number of hydrogen-bond donors (Lipinski definition) is 3. The molecule has 0 fully saturated rings. The molecule has 1 aromatic rings. The van der Waals surface area contributed by atoms with Crippen LogP contribution in [0, 0.1) is 0 Å². The van der Waals surface area contributed by atoms with Crippen LogP contribution in [0.15, 0.2) is 24.3 Å². The van der Waals surface area contributed by atoms with Gasteiger partial charge in [-0.3, -0.25) is 0 Å². The lowest BCUT2D eigenvalue weighted by Gasteiger charge is -2.16. The molecular formula is C12H20N2O2. The number of aliphatic hydroxyl groups is 2. The van der Waals surface area contributed by atoms with Gasteiger partial charge in [-0.05, 0) is 25.7 Å². The molecule has 1 aromatic carbocycles. The first-order valence-electron chi connectivity index (χ1n) is 5.39. The number of hydrogen-bond acceptors (Lipinski definition) is 4. The van der Waals surface area contributed by atoms with Gasteiger partial charge in [0.1, 0.15) is 0 Å². The van der Waals surface area contributed by atoms with Crippen molar-refractivity contribution in [2.75, 3.05) is 32.6 Å². The summed E-state index contributed by atoms with van der Waals surface area (Å²) in [4.78, 5) is 2.09. The number of rotatable bonds is 6. The Bertz CT molecular complexity index is 316. The number of para-hydroxylation sites is 1. The molecule has 0 aliphatic rings. The summed E-state index contributed by atoms with van der Waals surface area (Å²) in [5.74, 6) is 0. The summed E-state index contributed by atoms with van der Waals surface area (Å²) in [5, 5.41) is 21.1. The Morgan fingerprint density at radius 1 is 1.31 bits per heavy atom. The number of anilines is 1. The Labute approximate surface area is 96.5 Å². The quantitative estimate of drug-likeness (QED) is 0.659. The van der Waals surface area contributed by atoms with Gasteiger partial charge in [0.15, 0.2) is 0 Å². The third kappa shape index (κ3) is 4.18. The fourth-order valence-electron chi connectivity index (χ4n) is 1.46. The first-order chi connectivity index (χ1) is 7.63. The molecule has 0 amide bonds. The van der Waals surface area contributed by atoms with Crippen molar-refractivity contribution in [3.8, 4) is 0 Å². The van der Waals surface area contributed by atoms with Crippen molar-refractivity contribution in [3.63, 3.8) is 0 Å². The lowest BCUT2D eigenvalue weighted by atomic mass is 10.1. The predicted molar refractivity (Wildman–Crippen MR) is 65.4 cm³/mol. The zero-order chi connectivity index (χ0) is 12.0. The summed E-state index contributed by atoms with van der Waals surface area (Å²) in [5.41, 5.74) is 2.18. The van der Waals surface area contributed by atoms with Crippen LogP contribution in [0.5, 0.6) is 0 Å². The predicted octanol–water partition coefficient (Wildman–Crippen LogP) is 0.513. The fourth-order valence-corrected chi connectivity index (χ4v) is 1.46. The van der Waals surface area contributed by atoms with Gasteiger partial charge in [-0.2, -0.15) is 0 Å². The molecule has 0 radical (unpaired) electrons. The standard InChI is InChI=1S/C12H20N2O2/c1-14(2)8-10-5-3-4-6-12(10)13-7-11(16)9-15/h3-6,11,13,15-16H,7-9H2,1-2H3. The zero-order valence-electron chi connectivity index (χ0n) is 9.85. The SMILES string of the molecule is CN(C)Cc1ccccc1NCC(O)CO. The molecule has 0 aromatic heterocycles. The largest absolute Gasteiger partial charge is 0.394 e. The van der Waals surface area contributed by atoms with Gasteiger partial charge in [0.2, 0.25) is 0 Å². The van der Waals surface area contributed by atoms with E-state index in [4.69, 9.17) is 5.11 Å². The van der Waals surface area contributed by atoms with Crippen LogP contribution in [-0.2, 0) is 6.54 Å². The Hall–Kier alpha value is -1.10. The van der Waals surface area contributed by atoms with Gasteiger partial charge in [0, 0.05) is 18.8 Å². The van der Waals surface area contributed by atoms with Crippen LogP contribution in [0.2, 0.25) is 0 Å². The molecule has 1 rings (SSSR count). The van der Waals surface area contributed by atoms with Crippen molar-refractivity contribution in [3.05, 3.63) is 29.8 Å². The van der Waals surface area contributed by atoms with Crippen molar-refractivity contribution >= 4 is 5.69 Å². The van der Waals surface area contributed by atoms with E-state index in [2.05, 4.69) is 10.2 Å². The Balaban J connectivity index is 2.63. The highest BCUT2D eigenvalue weighted by molar-refractivity contribution is 5.51. The van der Waals surface area contributed by atoms with Gasteiger partial charge >= 0.3 is 0 Å². The second-order valence-electron chi connectivity index (χ2n) is 4.11. The van der Waals surface area contributed by atoms with Gasteiger partial charge < -0.3 is 20.4 Å². The molecule has 1 atom stereocenters. The monoisotopic (exact) mass is 224 g/mol. The van der Waals surface area contributed by atoms with Crippen molar-refractivity contribution < 1.29 is 10.2 Å². The van der Waals surface area contributed by atoms with E-state index in [9.17, 15) is 5.11 Å². The van der Waals surface area contributed by atoms with E-state index in [-0.39, 0.29) is 6.61 Å². The molecule has 0 spiro atoms. The van der Waals surface area contributed by atoms with Crippen molar-refractivity contribution in [1.82, 2.24) is 4.90 Å². The van der Waals surface area contributed by atoms with Crippen molar-refractivity contribution in [1.29, 1.82) is 0 Å². The fraction of sp³-hybridized carbons (Fsp3) is 0.500. The summed E-state index contributed by atoms with van der Waals surface area (Å²) in [6.45, 7) is 0.988. The second-order valence-corrected chi connectivity index (χ2v) is 4.11. The van der Waals surface area contributed by atoms with E-state index in [0.717, 1.165) is 12.2 Å². The number of nitrogens with zero attached hydrogens (tertiary/aromatic N) is 1. The molecule has 3 N–H and O–H groups in total. The van der Waals surface area contributed by atoms with Crippen LogP contribution in [0.3, 0.4) is 0 Å². The van der Waals surface area contributed by atoms with Gasteiger partial charge in [-0.15, -0.1) is 0 Å². The molecular weight excluding hydrogens is 204 g/mol. The van der Waals surface area contributed by atoms with E-state index in [1.807, 2.05) is 38.4 Å². The maximum Gasteiger partial charge on any atom is 0.0942 e. The maximum atomic E-state index is 9.27. The summed E-state index contributed by atoms with van der Waals surface area (Å²) in [6.07, 6.45) is -0.715. The number of benzene rings is 1. The molecule has 4 nitrogen and oxygen atoms in total. The van der Waals surface area contributed by atoms with Gasteiger partial charge in [0.25, 0.3) is 0 Å². The van der Waals surface area contributed by atoms with Crippen LogP contribution in [0.1, 0.15) is 5.56 Å². The second kappa shape index (κ2) is 6.48. The average molecular weight is 224 g/mol. The third-order valence-corrected chi connectivity index (χ3v) is 2.24. The number of aliphatic hydroxyl groups excluding tert-OH is 2. The lowest BCUT2D eigenvalue weighted by Crippen LogP contribution is -2.23. The highest BCUT2D eigenvalue weighted by Gasteiger charge is 2.05. The molecule has 16 heavy (non-hydrogen) atoms. The summed E-state index contributed by atoms with van der Waals surface area (Å²) >= 11 is 0. The molecule has 0 saturated carbocycles. The molecule has 4 heteroatoms. The van der Waals surface area contributed by atoms with Gasteiger partial charge in [-0.1, -0.05) is 18.2 Å². The van der Waals surface area contributed by atoms with E-state index < -0.39 is 6.10 Å². The minimum Gasteiger partial charge on any atom is -0.394 e. The minimum atomic E-state index is -0.715. The van der Waals surface area contributed by atoms with Crippen molar-refractivity contribution in [2.24, 2.45) is 0 Å². The van der Waals surface area contributed by atoms with Crippen molar-refractivity contribution in [2.45, 2.75) is 12.6 Å². The van der Waals surface area contributed by atoms with Crippen LogP contribution in [-0.4, -0.2) is 48.5 Å². The first kappa shape index (κ1) is 13.0. The zero-order valence-corrected chi connectivity index (χ0v) is 9.85. The molecule has 0 aliphatic heterocycles. The topological polar surface area (TPSA) is 55.7 Å². The van der Waals surface area contributed by atoms with Crippen LogP contribution in [0.25, 0.3) is 0 Å². The smallest absolute Gasteiger partial charge is 0.0942 e. The first-order valence-corrected chi connectivity index (χ1v) is 5.39. The van der Waals surface area contributed by atoms with E-state index >= 15 is 0 Å². The highest BCUT2D eigenvalue weighted by Crippen LogP contribution is 2.16. The molecule has 0 aliphatic carbocycles. The van der Waals surface area contributed by atoms with Gasteiger partial charge in [-0.25, -0.2) is 0 Å². The molecule has 90 valence electrons. The van der Waals surface area contributed by atoms with E-state index in [1.54, 1.807) is 0 Å². The Kier molecular flexibility index (Phi) is 5.25. The molecule has 0 bridgehead atoms. The Morgan fingerprint density at radius 2 is 2.00 bits per heavy atom.